The third kappa shape index (κ3) is 2.63. The lowest BCUT2D eigenvalue weighted by Crippen LogP contribution is -2.17. The summed E-state index contributed by atoms with van der Waals surface area (Å²) in [5, 5.41) is 14.1. The van der Waals surface area contributed by atoms with Crippen LogP contribution in [0.5, 0.6) is 0 Å². The number of aliphatic hydroxyl groups is 1. The highest BCUT2D eigenvalue weighted by atomic mass is 16.5. The first-order valence-corrected chi connectivity index (χ1v) is 6.62. The van der Waals surface area contributed by atoms with Crippen molar-refractivity contribution in [1.29, 1.82) is 0 Å². The summed E-state index contributed by atoms with van der Waals surface area (Å²) in [6.45, 7) is 0. The first-order valence-electron chi connectivity index (χ1n) is 6.62. The van der Waals surface area contributed by atoms with Crippen LogP contribution in [-0.4, -0.2) is 31.3 Å². The standard InChI is InChI=1S/C13H16N4O2/c18-11-5-3-1-2-4-9(11)13-16-12(17-19-13)10-6-7-14-8-15-10/h6-9,11,18H,1-5H2. The fraction of sp³-hybridized carbons (Fsp3) is 0.538. The Bertz CT molecular complexity index is 528. The topological polar surface area (TPSA) is 84.9 Å². The Balaban J connectivity index is 1.84. The van der Waals surface area contributed by atoms with Gasteiger partial charge in [0.2, 0.25) is 11.7 Å². The second-order valence-electron chi connectivity index (χ2n) is 4.86. The third-order valence-corrected chi connectivity index (χ3v) is 3.55. The van der Waals surface area contributed by atoms with Gasteiger partial charge >= 0.3 is 0 Å². The number of aromatic nitrogens is 4. The number of hydrogen-bond donors (Lipinski definition) is 1. The molecular formula is C13H16N4O2. The predicted octanol–water partition coefficient (Wildman–Crippen LogP) is 1.94. The number of aliphatic hydroxyl groups excluding tert-OH is 1. The summed E-state index contributed by atoms with van der Waals surface area (Å²) in [7, 11) is 0. The van der Waals surface area contributed by atoms with Crippen LogP contribution in [0.2, 0.25) is 0 Å². The summed E-state index contributed by atoms with van der Waals surface area (Å²) in [4.78, 5) is 12.3. The molecule has 2 aromatic rings. The van der Waals surface area contributed by atoms with Crippen molar-refractivity contribution < 1.29 is 9.63 Å². The zero-order valence-corrected chi connectivity index (χ0v) is 10.6. The molecule has 1 N–H and O–H groups in total. The third-order valence-electron chi connectivity index (χ3n) is 3.55. The van der Waals surface area contributed by atoms with Gasteiger partial charge in [0.1, 0.15) is 12.0 Å². The molecule has 0 spiro atoms. The molecule has 0 amide bonds. The van der Waals surface area contributed by atoms with Crippen LogP contribution in [0.15, 0.2) is 23.1 Å². The normalized spacial score (nSPS) is 24.1. The minimum atomic E-state index is -0.388. The monoisotopic (exact) mass is 260 g/mol. The van der Waals surface area contributed by atoms with Crippen LogP contribution >= 0.6 is 0 Å². The number of hydrogen-bond acceptors (Lipinski definition) is 6. The van der Waals surface area contributed by atoms with Gasteiger partial charge in [-0.3, -0.25) is 0 Å². The van der Waals surface area contributed by atoms with Gasteiger partial charge in [-0.25, -0.2) is 9.97 Å². The second kappa shape index (κ2) is 5.44. The molecule has 2 aromatic heterocycles. The van der Waals surface area contributed by atoms with E-state index >= 15 is 0 Å². The maximum absolute atomic E-state index is 10.1. The average Bonchev–Trinajstić information content (AvgIpc) is 2.83. The van der Waals surface area contributed by atoms with Gasteiger partial charge in [0.15, 0.2) is 0 Å². The van der Waals surface area contributed by atoms with Gasteiger partial charge in [-0.05, 0) is 18.9 Å². The van der Waals surface area contributed by atoms with Crippen LogP contribution < -0.4 is 0 Å². The van der Waals surface area contributed by atoms with E-state index < -0.39 is 0 Å². The lowest BCUT2D eigenvalue weighted by Gasteiger charge is -2.15. The van der Waals surface area contributed by atoms with Crippen LogP contribution in [0.4, 0.5) is 0 Å². The summed E-state index contributed by atoms with van der Waals surface area (Å²) in [5.74, 6) is 0.919. The van der Waals surface area contributed by atoms with E-state index in [4.69, 9.17) is 4.52 Å². The Kier molecular flexibility index (Phi) is 3.50. The average molecular weight is 260 g/mol. The maximum Gasteiger partial charge on any atom is 0.232 e. The van der Waals surface area contributed by atoms with Gasteiger partial charge < -0.3 is 9.63 Å². The van der Waals surface area contributed by atoms with Crippen LogP contribution in [0.25, 0.3) is 11.5 Å². The molecule has 0 bridgehead atoms. The summed E-state index contributed by atoms with van der Waals surface area (Å²) in [5.41, 5.74) is 0.633. The Morgan fingerprint density at radius 2 is 2.11 bits per heavy atom. The summed E-state index contributed by atoms with van der Waals surface area (Å²) in [6.07, 6.45) is 7.70. The van der Waals surface area contributed by atoms with Gasteiger partial charge in [-0.2, -0.15) is 4.98 Å². The molecule has 1 fully saturated rings. The minimum Gasteiger partial charge on any atom is -0.392 e. The van der Waals surface area contributed by atoms with E-state index in [0.29, 0.717) is 17.4 Å². The van der Waals surface area contributed by atoms with E-state index in [2.05, 4.69) is 20.1 Å². The Morgan fingerprint density at radius 3 is 2.95 bits per heavy atom. The summed E-state index contributed by atoms with van der Waals surface area (Å²) in [6, 6.07) is 1.73. The molecule has 2 atom stereocenters. The van der Waals surface area contributed by atoms with Crippen molar-refractivity contribution in [3.8, 4) is 11.5 Å². The molecule has 6 nitrogen and oxygen atoms in total. The fourth-order valence-electron chi connectivity index (χ4n) is 2.49. The molecule has 19 heavy (non-hydrogen) atoms. The van der Waals surface area contributed by atoms with Gasteiger partial charge in [-0.1, -0.05) is 24.4 Å². The van der Waals surface area contributed by atoms with Crippen molar-refractivity contribution in [3.63, 3.8) is 0 Å². The smallest absolute Gasteiger partial charge is 0.232 e. The molecule has 1 aliphatic carbocycles. The first kappa shape index (κ1) is 12.2. The maximum atomic E-state index is 10.1. The molecule has 0 aliphatic heterocycles. The molecule has 0 aromatic carbocycles. The highest BCUT2D eigenvalue weighted by molar-refractivity contribution is 5.46. The Hall–Kier alpha value is -1.82. The molecular weight excluding hydrogens is 244 g/mol. The molecule has 3 rings (SSSR count). The van der Waals surface area contributed by atoms with Crippen molar-refractivity contribution in [3.05, 3.63) is 24.5 Å². The number of nitrogens with zero attached hydrogens (tertiary/aromatic N) is 4. The Labute approximate surface area is 110 Å². The highest BCUT2D eigenvalue weighted by Crippen LogP contribution is 2.31. The minimum absolute atomic E-state index is 0.0504. The highest BCUT2D eigenvalue weighted by Gasteiger charge is 2.28. The van der Waals surface area contributed by atoms with E-state index in [9.17, 15) is 5.11 Å². The lowest BCUT2D eigenvalue weighted by molar-refractivity contribution is 0.119. The van der Waals surface area contributed by atoms with Crippen LogP contribution in [0.3, 0.4) is 0 Å². The van der Waals surface area contributed by atoms with Crippen molar-refractivity contribution in [2.75, 3.05) is 0 Å². The molecule has 2 heterocycles. The van der Waals surface area contributed by atoms with Gasteiger partial charge in [0.05, 0.1) is 12.0 Å². The molecule has 6 heteroatoms. The van der Waals surface area contributed by atoms with E-state index in [-0.39, 0.29) is 12.0 Å². The van der Waals surface area contributed by atoms with Gasteiger partial charge in [0, 0.05) is 6.20 Å². The second-order valence-corrected chi connectivity index (χ2v) is 4.86. The molecule has 0 saturated heterocycles. The zero-order valence-electron chi connectivity index (χ0n) is 10.6. The fourth-order valence-corrected chi connectivity index (χ4v) is 2.49. The van der Waals surface area contributed by atoms with E-state index in [1.165, 1.54) is 6.33 Å². The summed E-state index contributed by atoms with van der Waals surface area (Å²) < 4.78 is 5.30. The van der Waals surface area contributed by atoms with Crippen molar-refractivity contribution in [2.45, 2.75) is 44.1 Å². The van der Waals surface area contributed by atoms with Crippen molar-refractivity contribution >= 4 is 0 Å². The largest absolute Gasteiger partial charge is 0.392 e. The number of rotatable bonds is 2. The molecule has 1 aliphatic rings. The molecule has 2 unspecified atom stereocenters. The van der Waals surface area contributed by atoms with E-state index in [0.717, 1.165) is 32.1 Å². The molecule has 100 valence electrons. The van der Waals surface area contributed by atoms with E-state index in [1.807, 2.05) is 0 Å². The van der Waals surface area contributed by atoms with Crippen LogP contribution in [0.1, 0.15) is 43.9 Å². The van der Waals surface area contributed by atoms with Crippen molar-refractivity contribution in [1.82, 2.24) is 20.1 Å². The quantitative estimate of drug-likeness (QED) is 0.830. The SMILES string of the molecule is OC1CCCCCC1c1nc(-c2ccncn2)no1. The van der Waals surface area contributed by atoms with Crippen LogP contribution in [-0.2, 0) is 0 Å². The molecule has 0 radical (unpaired) electrons. The predicted molar refractivity (Wildman–Crippen MR) is 67.2 cm³/mol. The zero-order chi connectivity index (χ0) is 13.1. The van der Waals surface area contributed by atoms with Gasteiger partial charge in [-0.15, -0.1) is 0 Å². The van der Waals surface area contributed by atoms with Gasteiger partial charge in [0.25, 0.3) is 0 Å². The summed E-state index contributed by atoms with van der Waals surface area (Å²) >= 11 is 0. The first-order chi connectivity index (χ1) is 9.34. The molecule has 1 saturated carbocycles. The Morgan fingerprint density at radius 1 is 1.21 bits per heavy atom. The van der Waals surface area contributed by atoms with E-state index in [1.54, 1.807) is 12.3 Å². The van der Waals surface area contributed by atoms with Crippen molar-refractivity contribution in [2.24, 2.45) is 0 Å². The van der Waals surface area contributed by atoms with Crippen LogP contribution in [0, 0.1) is 0 Å². The lowest BCUT2D eigenvalue weighted by atomic mass is 9.97.